The highest BCUT2D eigenvalue weighted by molar-refractivity contribution is 7.89. The van der Waals surface area contributed by atoms with Crippen molar-refractivity contribution in [1.82, 2.24) is 4.31 Å². The third-order valence-corrected chi connectivity index (χ3v) is 6.78. The third kappa shape index (κ3) is 2.82. The molecule has 0 amide bonds. The molecule has 1 saturated carbocycles. The van der Waals surface area contributed by atoms with E-state index in [9.17, 15) is 8.42 Å². The van der Waals surface area contributed by atoms with Crippen LogP contribution in [0.5, 0.6) is 0 Å². The standard InChI is InChI=1S/C14H17Cl2NO3S/c15-9-10-8-11(4-5-12(10)16)21(18,19)17-6-7-20-14-3-1-2-13(14)17/h4-5,8,13-14H,1-3,6-7,9H2. The molecule has 1 aliphatic heterocycles. The maximum Gasteiger partial charge on any atom is 0.243 e. The first-order chi connectivity index (χ1) is 10.0. The minimum absolute atomic E-state index is 0.0355. The van der Waals surface area contributed by atoms with E-state index >= 15 is 0 Å². The first-order valence-electron chi connectivity index (χ1n) is 7.02. The van der Waals surface area contributed by atoms with Crippen LogP contribution in [-0.4, -0.2) is 38.0 Å². The Hall–Kier alpha value is -0.330. The molecule has 0 bridgehead atoms. The van der Waals surface area contributed by atoms with Gasteiger partial charge in [-0.05, 0) is 43.0 Å². The van der Waals surface area contributed by atoms with E-state index in [0.717, 1.165) is 19.3 Å². The lowest BCUT2D eigenvalue weighted by Crippen LogP contribution is -2.51. The summed E-state index contributed by atoms with van der Waals surface area (Å²) in [6.07, 6.45) is 2.84. The molecule has 21 heavy (non-hydrogen) atoms. The van der Waals surface area contributed by atoms with Gasteiger partial charge in [-0.25, -0.2) is 8.42 Å². The minimum atomic E-state index is -3.53. The summed E-state index contributed by atoms with van der Waals surface area (Å²) in [5.74, 6) is 0.192. The van der Waals surface area contributed by atoms with Crippen molar-refractivity contribution in [3.05, 3.63) is 28.8 Å². The fraction of sp³-hybridized carbons (Fsp3) is 0.571. The first kappa shape index (κ1) is 15.6. The molecular weight excluding hydrogens is 333 g/mol. The lowest BCUT2D eigenvalue weighted by atomic mass is 10.2. The van der Waals surface area contributed by atoms with E-state index in [2.05, 4.69) is 0 Å². The van der Waals surface area contributed by atoms with Gasteiger partial charge in [0.05, 0.1) is 23.6 Å². The quantitative estimate of drug-likeness (QED) is 0.788. The molecule has 1 saturated heterocycles. The highest BCUT2D eigenvalue weighted by Crippen LogP contribution is 2.34. The number of ether oxygens (including phenoxy) is 1. The Morgan fingerprint density at radius 1 is 1.33 bits per heavy atom. The van der Waals surface area contributed by atoms with Crippen LogP contribution in [0.4, 0.5) is 0 Å². The van der Waals surface area contributed by atoms with Crippen LogP contribution in [0.1, 0.15) is 24.8 Å². The van der Waals surface area contributed by atoms with Crippen LogP contribution in [0.3, 0.4) is 0 Å². The van der Waals surface area contributed by atoms with Crippen LogP contribution in [0.25, 0.3) is 0 Å². The molecule has 2 aliphatic rings. The number of fused-ring (bicyclic) bond motifs is 1. The van der Waals surface area contributed by atoms with Gasteiger partial charge in [0.2, 0.25) is 10.0 Å². The summed E-state index contributed by atoms with van der Waals surface area (Å²) < 4.78 is 33.1. The van der Waals surface area contributed by atoms with E-state index in [-0.39, 0.29) is 22.9 Å². The Labute approximate surface area is 135 Å². The van der Waals surface area contributed by atoms with Gasteiger partial charge < -0.3 is 4.74 Å². The molecule has 0 N–H and O–H groups in total. The molecular formula is C14H17Cl2NO3S. The second-order valence-electron chi connectivity index (χ2n) is 5.41. The summed E-state index contributed by atoms with van der Waals surface area (Å²) in [5, 5.41) is 0.490. The summed E-state index contributed by atoms with van der Waals surface area (Å²) in [5.41, 5.74) is 0.635. The van der Waals surface area contributed by atoms with Crippen LogP contribution in [-0.2, 0) is 20.6 Å². The topological polar surface area (TPSA) is 46.6 Å². The summed E-state index contributed by atoms with van der Waals surface area (Å²) in [6.45, 7) is 0.860. The Bertz CT molecular complexity index is 635. The molecule has 1 heterocycles. The Morgan fingerprint density at radius 2 is 2.14 bits per heavy atom. The largest absolute Gasteiger partial charge is 0.375 e. The summed E-state index contributed by atoms with van der Waals surface area (Å²) >= 11 is 11.8. The molecule has 4 nitrogen and oxygen atoms in total. The minimum Gasteiger partial charge on any atom is -0.375 e. The highest BCUT2D eigenvalue weighted by atomic mass is 35.5. The van der Waals surface area contributed by atoms with E-state index < -0.39 is 10.0 Å². The lowest BCUT2D eigenvalue weighted by Gasteiger charge is -2.36. The van der Waals surface area contributed by atoms with Gasteiger partial charge in [-0.2, -0.15) is 4.31 Å². The number of sulfonamides is 1. The number of hydrogen-bond donors (Lipinski definition) is 0. The van der Waals surface area contributed by atoms with Gasteiger partial charge in [0, 0.05) is 17.4 Å². The first-order valence-corrected chi connectivity index (χ1v) is 9.37. The maximum absolute atomic E-state index is 12.9. The smallest absolute Gasteiger partial charge is 0.243 e. The molecule has 1 aliphatic carbocycles. The average molecular weight is 350 g/mol. The molecule has 0 radical (unpaired) electrons. The van der Waals surface area contributed by atoms with Crippen molar-refractivity contribution < 1.29 is 13.2 Å². The number of halogens is 2. The molecule has 1 aromatic carbocycles. The maximum atomic E-state index is 12.9. The SMILES string of the molecule is O=S(=O)(c1ccc(Cl)c(CCl)c1)N1CCOC2CCCC21. The van der Waals surface area contributed by atoms with Crippen molar-refractivity contribution in [2.24, 2.45) is 0 Å². The van der Waals surface area contributed by atoms with Gasteiger partial charge in [0.25, 0.3) is 0 Å². The number of rotatable bonds is 3. The van der Waals surface area contributed by atoms with Gasteiger partial charge in [0.1, 0.15) is 0 Å². The summed E-state index contributed by atoms with van der Waals surface area (Å²) in [6, 6.07) is 4.68. The van der Waals surface area contributed by atoms with Crippen molar-refractivity contribution in [1.29, 1.82) is 0 Å². The molecule has 0 spiro atoms. The van der Waals surface area contributed by atoms with E-state index in [1.54, 1.807) is 22.5 Å². The zero-order valence-corrected chi connectivity index (χ0v) is 13.8. The van der Waals surface area contributed by atoms with E-state index in [1.165, 1.54) is 0 Å². The molecule has 2 unspecified atom stereocenters. The van der Waals surface area contributed by atoms with E-state index in [0.29, 0.717) is 23.7 Å². The van der Waals surface area contributed by atoms with Crippen molar-refractivity contribution in [2.45, 2.75) is 42.2 Å². The second-order valence-corrected chi connectivity index (χ2v) is 7.98. The molecule has 0 aromatic heterocycles. The monoisotopic (exact) mass is 349 g/mol. The van der Waals surface area contributed by atoms with Crippen LogP contribution < -0.4 is 0 Å². The molecule has 2 fully saturated rings. The lowest BCUT2D eigenvalue weighted by molar-refractivity contribution is -0.0241. The molecule has 7 heteroatoms. The van der Waals surface area contributed by atoms with Crippen LogP contribution >= 0.6 is 23.2 Å². The predicted molar refractivity (Wildman–Crippen MR) is 82.3 cm³/mol. The van der Waals surface area contributed by atoms with E-state index in [4.69, 9.17) is 27.9 Å². The number of nitrogens with zero attached hydrogens (tertiary/aromatic N) is 1. The molecule has 2 atom stereocenters. The predicted octanol–water partition coefficient (Wildman–Crippen LogP) is 3.02. The normalized spacial score (nSPS) is 26.8. The Kier molecular flexibility index (Phi) is 4.48. The van der Waals surface area contributed by atoms with Gasteiger partial charge in [-0.15, -0.1) is 11.6 Å². The van der Waals surface area contributed by atoms with Crippen molar-refractivity contribution in [3.8, 4) is 0 Å². The number of benzene rings is 1. The molecule has 116 valence electrons. The molecule has 1 aromatic rings. The van der Waals surface area contributed by atoms with Crippen molar-refractivity contribution >= 4 is 33.2 Å². The Balaban J connectivity index is 1.96. The average Bonchev–Trinajstić information content (AvgIpc) is 2.95. The number of morpholine rings is 1. The summed E-state index contributed by atoms with van der Waals surface area (Å²) in [4.78, 5) is 0.259. The number of alkyl halides is 1. The van der Waals surface area contributed by atoms with Gasteiger partial charge in [0.15, 0.2) is 0 Å². The van der Waals surface area contributed by atoms with E-state index in [1.807, 2.05) is 0 Å². The van der Waals surface area contributed by atoms with Crippen LogP contribution in [0.2, 0.25) is 5.02 Å². The molecule has 3 rings (SSSR count). The zero-order chi connectivity index (χ0) is 15.0. The van der Waals surface area contributed by atoms with Gasteiger partial charge in [-0.1, -0.05) is 11.6 Å². The fourth-order valence-electron chi connectivity index (χ4n) is 3.14. The zero-order valence-electron chi connectivity index (χ0n) is 11.5. The van der Waals surface area contributed by atoms with Crippen LogP contribution in [0.15, 0.2) is 23.1 Å². The third-order valence-electron chi connectivity index (χ3n) is 4.20. The van der Waals surface area contributed by atoms with Crippen LogP contribution in [0, 0.1) is 0 Å². The number of hydrogen-bond acceptors (Lipinski definition) is 3. The summed E-state index contributed by atoms with van der Waals surface area (Å²) in [7, 11) is -3.53. The highest BCUT2D eigenvalue weighted by Gasteiger charge is 2.42. The second kappa shape index (κ2) is 6.05. The van der Waals surface area contributed by atoms with Crippen molar-refractivity contribution in [3.63, 3.8) is 0 Å². The van der Waals surface area contributed by atoms with Crippen molar-refractivity contribution in [2.75, 3.05) is 13.2 Å². The van der Waals surface area contributed by atoms with Gasteiger partial charge >= 0.3 is 0 Å². The Morgan fingerprint density at radius 3 is 2.90 bits per heavy atom. The fourth-order valence-corrected chi connectivity index (χ4v) is 5.33. The van der Waals surface area contributed by atoms with Gasteiger partial charge in [-0.3, -0.25) is 0 Å².